The number of carboxylic acids is 1. The van der Waals surface area contributed by atoms with Crippen molar-refractivity contribution in [2.45, 2.75) is 96.8 Å². The van der Waals surface area contributed by atoms with E-state index in [0.717, 1.165) is 51.4 Å². The second-order valence-electron chi connectivity index (χ2n) is 6.08. The first-order valence-corrected chi connectivity index (χ1v) is 9.23. The van der Waals surface area contributed by atoms with E-state index in [9.17, 15) is 9.59 Å². The zero-order chi connectivity index (χ0) is 17.2. The molecule has 0 aliphatic rings. The molecule has 134 valence electrons. The Morgan fingerprint density at radius 2 is 1.39 bits per heavy atom. The molecule has 0 amide bonds. The molecule has 0 aromatic rings. The molecule has 0 heterocycles. The highest BCUT2D eigenvalue weighted by Crippen LogP contribution is 2.09. The summed E-state index contributed by atoms with van der Waals surface area (Å²) in [4.78, 5) is 21.8. The van der Waals surface area contributed by atoms with Gasteiger partial charge in [-0.1, -0.05) is 58.3 Å². The first-order valence-electron chi connectivity index (χ1n) is 9.23. The molecule has 4 nitrogen and oxygen atoms in total. The average molecular weight is 326 g/mol. The van der Waals surface area contributed by atoms with Crippen LogP contribution in [0.4, 0.5) is 0 Å². The maximum atomic E-state index is 11.5. The Bertz CT molecular complexity index is 323. The van der Waals surface area contributed by atoms with E-state index in [1.165, 1.54) is 31.9 Å². The predicted octanol–water partition coefficient (Wildman–Crippen LogP) is 5.61. The van der Waals surface area contributed by atoms with Gasteiger partial charge >= 0.3 is 11.9 Å². The molecule has 0 unspecified atom stereocenters. The van der Waals surface area contributed by atoms with E-state index in [4.69, 9.17) is 9.84 Å². The Morgan fingerprint density at radius 1 is 0.826 bits per heavy atom. The molecule has 0 aliphatic carbocycles. The minimum Gasteiger partial charge on any atom is -0.481 e. The monoisotopic (exact) mass is 326 g/mol. The van der Waals surface area contributed by atoms with Gasteiger partial charge in [0.25, 0.3) is 0 Å². The van der Waals surface area contributed by atoms with Crippen molar-refractivity contribution in [3.63, 3.8) is 0 Å². The molecule has 0 aliphatic heterocycles. The number of unbranched alkanes of at least 4 members (excludes halogenated alkanes) is 10. The molecule has 0 atom stereocenters. The zero-order valence-electron chi connectivity index (χ0n) is 14.7. The minimum absolute atomic E-state index is 0.155. The number of hydrogen-bond donors (Lipinski definition) is 1. The van der Waals surface area contributed by atoms with E-state index >= 15 is 0 Å². The Balaban J connectivity index is 3.28. The molecular formula is C19H34O4. The van der Waals surface area contributed by atoms with Gasteiger partial charge in [0.1, 0.15) is 0 Å². The van der Waals surface area contributed by atoms with Gasteiger partial charge in [-0.05, 0) is 31.8 Å². The van der Waals surface area contributed by atoms with E-state index in [2.05, 4.69) is 6.92 Å². The van der Waals surface area contributed by atoms with Gasteiger partial charge in [0, 0.05) is 12.8 Å². The lowest BCUT2D eigenvalue weighted by Crippen LogP contribution is -1.99. The van der Waals surface area contributed by atoms with Crippen LogP contribution in [0.3, 0.4) is 0 Å². The number of aliphatic carboxylic acids is 1. The van der Waals surface area contributed by atoms with Crippen molar-refractivity contribution in [3.8, 4) is 0 Å². The second kappa shape index (κ2) is 17.0. The molecule has 0 saturated carbocycles. The molecule has 0 saturated heterocycles. The van der Waals surface area contributed by atoms with E-state index in [1.807, 2.05) is 6.08 Å². The van der Waals surface area contributed by atoms with Crippen LogP contribution in [-0.4, -0.2) is 17.0 Å². The van der Waals surface area contributed by atoms with Crippen molar-refractivity contribution in [1.29, 1.82) is 0 Å². The molecule has 4 heteroatoms. The quantitative estimate of drug-likeness (QED) is 0.227. The third-order valence-electron chi connectivity index (χ3n) is 3.79. The highest BCUT2D eigenvalue weighted by molar-refractivity contribution is 5.69. The molecule has 0 bridgehead atoms. The summed E-state index contributed by atoms with van der Waals surface area (Å²) >= 11 is 0. The van der Waals surface area contributed by atoms with Crippen molar-refractivity contribution in [1.82, 2.24) is 0 Å². The van der Waals surface area contributed by atoms with Crippen molar-refractivity contribution >= 4 is 11.9 Å². The smallest absolute Gasteiger partial charge is 0.310 e. The first kappa shape index (κ1) is 21.7. The molecule has 0 radical (unpaired) electrons. The number of hydrogen-bond acceptors (Lipinski definition) is 3. The highest BCUT2D eigenvalue weighted by atomic mass is 16.5. The molecule has 0 rings (SSSR count). The van der Waals surface area contributed by atoms with Crippen LogP contribution in [0.15, 0.2) is 12.3 Å². The van der Waals surface area contributed by atoms with E-state index in [0.29, 0.717) is 6.42 Å². The van der Waals surface area contributed by atoms with Gasteiger partial charge in [-0.3, -0.25) is 9.59 Å². The maximum Gasteiger partial charge on any atom is 0.310 e. The average Bonchev–Trinajstić information content (AvgIpc) is 2.52. The summed E-state index contributed by atoms with van der Waals surface area (Å²) in [5, 5.41) is 8.51. The molecular weight excluding hydrogens is 292 g/mol. The predicted molar refractivity (Wildman–Crippen MR) is 93.2 cm³/mol. The van der Waals surface area contributed by atoms with Gasteiger partial charge in [-0.15, -0.1) is 0 Å². The first-order chi connectivity index (χ1) is 11.2. The van der Waals surface area contributed by atoms with Gasteiger partial charge in [0.2, 0.25) is 0 Å². The van der Waals surface area contributed by atoms with E-state index in [1.54, 1.807) is 0 Å². The standard InChI is InChI=1S/C19H34O4/c1-2-3-4-5-8-11-14-17-23-19(22)16-13-10-7-6-9-12-15-18(20)21/h14,17H,2-13,15-16H2,1H3,(H,20,21). The number of rotatable bonds is 16. The van der Waals surface area contributed by atoms with Crippen LogP contribution < -0.4 is 0 Å². The summed E-state index contributed by atoms with van der Waals surface area (Å²) in [5.74, 6) is -0.875. The summed E-state index contributed by atoms with van der Waals surface area (Å²) in [6.45, 7) is 2.21. The second-order valence-corrected chi connectivity index (χ2v) is 6.08. The number of carboxylic acid groups (broad SMARTS) is 1. The van der Waals surface area contributed by atoms with Crippen LogP contribution in [0.2, 0.25) is 0 Å². The van der Waals surface area contributed by atoms with Crippen LogP contribution in [0.1, 0.15) is 96.8 Å². The van der Waals surface area contributed by atoms with Crippen LogP contribution >= 0.6 is 0 Å². The Hall–Kier alpha value is -1.32. The fourth-order valence-electron chi connectivity index (χ4n) is 2.37. The number of carbonyl (C=O) groups excluding carboxylic acids is 1. The van der Waals surface area contributed by atoms with Crippen molar-refractivity contribution in [2.24, 2.45) is 0 Å². The maximum absolute atomic E-state index is 11.5. The molecule has 0 spiro atoms. The number of ether oxygens (including phenoxy) is 1. The molecule has 23 heavy (non-hydrogen) atoms. The molecule has 0 fully saturated rings. The Morgan fingerprint density at radius 3 is 2.04 bits per heavy atom. The van der Waals surface area contributed by atoms with Crippen LogP contribution in [0.25, 0.3) is 0 Å². The van der Waals surface area contributed by atoms with Gasteiger partial charge < -0.3 is 9.84 Å². The fraction of sp³-hybridized carbons (Fsp3) is 0.789. The van der Waals surface area contributed by atoms with E-state index < -0.39 is 5.97 Å². The van der Waals surface area contributed by atoms with Gasteiger partial charge in [-0.2, -0.15) is 0 Å². The lowest BCUT2D eigenvalue weighted by atomic mass is 10.1. The topological polar surface area (TPSA) is 63.6 Å². The van der Waals surface area contributed by atoms with Crippen LogP contribution in [0, 0.1) is 0 Å². The normalized spacial score (nSPS) is 11.0. The molecule has 0 aromatic heterocycles. The number of allylic oxidation sites excluding steroid dienone is 1. The zero-order valence-corrected chi connectivity index (χ0v) is 14.7. The number of esters is 1. The van der Waals surface area contributed by atoms with Crippen molar-refractivity contribution in [3.05, 3.63) is 12.3 Å². The summed E-state index contributed by atoms with van der Waals surface area (Å²) in [6, 6.07) is 0. The highest BCUT2D eigenvalue weighted by Gasteiger charge is 2.01. The fourth-order valence-corrected chi connectivity index (χ4v) is 2.37. The minimum atomic E-state index is -0.721. The summed E-state index contributed by atoms with van der Waals surface area (Å²) in [6.07, 6.45) is 17.1. The Labute approximate surface area is 141 Å². The van der Waals surface area contributed by atoms with Crippen LogP contribution in [-0.2, 0) is 14.3 Å². The largest absolute Gasteiger partial charge is 0.481 e. The number of carbonyl (C=O) groups is 2. The molecule has 1 N–H and O–H groups in total. The van der Waals surface area contributed by atoms with Gasteiger partial charge in [-0.25, -0.2) is 0 Å². The third kappa shape index (κ3) is 18.6. The van der Waals surface area contributed by atoms with Crippen LogP contribution in [0.5, 0.6) is 0 Å². The summed E-state index contributed by atoms with van der Waals surface area (Å²) in [5.41, 5.74) is 0. The summed E-state index contributed by atoms with van der Waals surface area (Å²) < 4.78 is 5.06. The van der Waals surface area contributed by atoms with Gasteiger partial charge in [0.15, 0.2) is 0 Å². The van der Waals surface area contributed by atoms with Crippen molar-refractivity contribution in [2.75, 3.05) is 0 Å². The third-order valence-corrected chi connectivity index (χ3v) is 3.79. The lowest BCUT2D eigenvalue weighted by molar-refractivity contribution is -0.138. The van der Waals surface area contributed by atoms with Gasteiger partial charge in [0.05, 0.1) is 6.26 Å². The lowest BCUT2D eigenvalue weighted by Gasteiger charge is -2.01. The van der Waals surface area contributed by atoms with Crippen molar-refractivity contribution < 1.29 is 19.4 Å². The molecule has 0 aromatic carbocycles. The SMILES string of the molecule is CCCCCCCC=COC(=O)CCCCCCCCC(=O)O. The Kier molecular flexibility index (Phi) is 16.1. The van der Waals surface area contributed by atoms with E-state index in [-0.39, 0.29) is 12.4 Å². The summed E-state index contributed by atoms with van der Waals surface area (Å²) in [7, 11) is 0.